The van der Waals surface area contributed by atoms with Crippen LogP contribution in [0.3, 0.4) is 0 Å². The standard InChI is InChI=1S/C15H15ClFNO2S/c1-2-20-12-5-6-14(18)15(8-12)21(19)9-10-3-4-11(17)7-13(10)16/h3-8H,2,9,18H2,1H3. The third-order valence-corrected chi connectivity index (χ3v) is 4.61. The molecule has 1 unspecified atom stereocenters. The van der Waals surface area contributed by atoms with Gasteiger partial charge in [-0.1, -0.05) is 17.7 Å². The Hall–Kier alpha value is -1.59. The Morgan fingerprint density at radius 3 is 2.71 bits per heavy atom. The van der Waals surface area contributed by atoms with Crippen LogP contribution in [0, 0.1) is 5.82 Å². The van der Waals surface area contributed by atoms with E-state index in [1.54, 1.807) is 18.2 Å². The molecule has 2 aromatic rings. The van der Waals surface area contributed by atoms with Gasteiger partial charge in [-0.25, -0.2) is 4.39 Å². The summed E-state index contributed by atoms with van der Waals surface area (Å²) in [6.07, 6.45) is 0. The highest BCUT2D eigenvalue weighted by atomic mass is 35.5. The van der Waals surface area contributed by atoms with Crippen molar-refractivity contribution in [3.63, 3.8) is 0 Å². The van der Waals surface area contributed by atoms with E-state index in [-0.39, 0.29) is 10.8 Å². The third kappa shape index (κ3) is 3.95. The average Bonchev–Trinajstić information content (AvgIpc) is 2.44. The monoisotopic (exact) mass is 327 g/mol. The molecule has 0 spiro atoms. The average molecular weight is 328 g/mol. The van der Waals surface area contributed by atoms with E-state index in [4.69, 9.17) is 22.1 Å². The van der Waals surface area contributed by atoms with Crippen molar-refractivity contribution in [3.05, 3.63) is 52.8 Å². The van der Waals surface area contributed by atoms with E-state index in [1.165, 1.54) is 18.2 Å². The maximum Gasteiger partial charge on any atom is 0.124 e. The smallest absolute Gasteiger partial charge is 0.124 e. The van der Waals surface area contributed by atoms with Gasteiger partial charge >= 0.3 is 0 Å². The first-order chi connectivity index (χ1) is 10.0. The molecular formula is C15H15ClFNO2S. The maximum atomic E-state index is 13.0. The van der Waals surface area contributed by atoms with Gasteiger partial charge in [-0.05, 0) is 42.8 Å². The molecule has 2 N–H and O–H groups in total. The highest BCUT2D eigenvalue weighted by Crippen LogP contribution is 2.26. The number of hydrogen-bond acceptors (Lipinski definition) is 3. The number of nitrogen functional groups attached to an aromatic ring is 1. The molecule has 0 amide bonds. The zero-order valence-electron chi connectivity index (χ0n) is 11.4. The zero-order valence-corrected chi connectivity index (χ0v) is 13.0. The van der Waals surface area contributed by atoms with Crippen LogP contribution in [0.4, 0.5) is 10.1 Å². The van der Waals surface area contributed by atoms with Gasteiger partial charge < -0.3 is 10.5 Å². The molecule has 0 aliphatic rings. The number of ether oxygens (including phenoxy) is 1. The highest BCUT2D eigenvalue weighted by Gasteiger charge is 2.13. The second-order valence-corrected chi connectivity index (χ2v) is 6.18. The minimum atomic E-state index is -1.39. The number of benzene rings is 2. The van der Waals surface area contributed by atoms with Gasteiger partial charge in [0.2, 0.25) is 0 Å². The topological polar surface area (TPSA) is 52.3 Å². The van der Waals surface area contributed by atoms with Crippen molar-refractivity contribution in [1.29, 1.82) is 0 Å². The Morgan fingerprint density at radius 2 is 2.05 bits per heavy atom. The largest absolute Gasteiger partial charge is 0.494 e. The first kappa shape index (κ1) is 15.8. The molecule has 21 heavy (non-hydrogen) atoms. The lowest BCUT2D eigenvalue weighted by Crippen LogP contribution is -2.03. The maximum absolute atomic E-state index is 13.0. The van der Waals surface area contributed by atoms with Crippen LogP contribution in [0.1, 0.15) is 12.5 Å². The fourth-order valence-electron chi connectivity index (χ4n) is 1.83. The van der Waals surface area contributed by atoms with Gasteiger partial charge in [0.15, 0.2) is 0 Å². The first-order valence-corrected chi connectivity index (χ1v) is 8.05. The second-order valence-electron chi connectivity index (χ2n) is 4.36. The minimum Gasteiger partial charge on any atom is -0.494 e. The Kier molecular flexibility index (Phi) is 5.20. The van der Waals surface area contributed by atoms with Crippen LogP contribution in [0.2, 0.25) is 5.02 Å². The van der Waals surface area contributed by atoms with E-state index in [1.807, 2.05) is 6.92 Å². The summed E-state index contributed by atoms with van der Waals surface area (Å²) in [6.45, 7) is 2.38. The van der Waals surface area contributed by atoms with Crippen LogP contribution in [0.15, 0.2) is 41.3 Å². The van der Waals surface area contributed by atoms with Crippen LogP contribution in [0.5, 0.6) is 5.75 Å². The molecule has 0 heterocycles. The predicted molar refractivity (Wildman–Crippen MR) is 83.5 cm³/mol. The van der Waals surface area contributed by atoms with Crippen molar-refractivity contribution in [2.75, 3.05) is 12.3 Å². The van der Waals surface area contributed by atoms with Gasteiger partial charge in [0.05, 0.1) is 28.1 Å². The summed E-state index contributed by atoms with van der Waals surface area (Å²) in [7, 11) is -1.39. The molecule has 3 nitrogen and oxygen atoms in total. The number of anilines is 1. The van der Waals surface area contributed by atoms with Crippen LogP contribution < -0.4 is 10.5 Å². The van der Waals surface area contributed by atoms with Gasteiger partial charge in [-0.3, -0.25) is 4.21 Å². The van der Waals surface area contributed by atoms with Crippen LogP contribution in [0.25, 0.3) is 0 Å². The SMILES string of the molecule is CCOc1ccc(N)c(S(=O)Cc2ccc(F)cc2Cl)c1. The quantitative estimate of drug-likeness (QED) is 0.850. The van der Waals surface area contributed by atoms with Crippen molar-refractivity contribution in [2.24, 2.45) is 0 Å². The summed E-state index contributed by atoms with van der Waals surface area (Å²) in [5.41, 5.74) is 6.90. The molecule has 0 aliphatic heterocycles. The Bertz CT molecular complexity index is 679. The summed E-state index contributed by atoms with van der Waals surface area (Å²) in [4.78, 5) is 0.487. The van der Waals surface area contributed by atoms with Crippen molar-refractivity contribution in [1.82, 2.24) is 0 Å². The van der Waals surface area contributed by atoms with Gasteiger partial charge in [-0.15, -0.1) is 0 Å². The molecule has 0 bridgehead atoms. The van der Waals surface area contributed by atoms with Gasteiger partial charge in [0.25, 0.3) is 0 Å². The molecule has 0 saturated heterocycles. The van der Waals surface area contributed by atoms with Crippen molar-refractivity contribution in [2.45, 2.75) is 17.6 Å². The van der Waals surface area contributed by atoms with E-state index in [0.717, 1.165) is 0 Å². The summed E-state index contributed by atoms with van der Waals surface area (Å²) in [5.74, 6) is 0.353. The molecule has 6 heteroatoms. The first-order valence-electron chi connectivity index (χ1n) is 6.36. The third-order valence-electron chi connectivity index (χ3n) is 2.84. The van der Waals surface area contributed by atoms with Crippen molar-refractivity contribution >= 4 is 28.1 Å². The Morgan fingerprint density at radius 1 is 1.29 bits per heavy atom. The van der Waals surface area contributed by atoms with Gasteiger partial charge in [0.1, 0.15) is 11.6 Å². The van der Waals surface area contributed by atoms with Crippen LogP contribution >= 0.6 is 11.6 Å². The summed E-state index contributed by atoms with van der Waals surface area (Å²) in [6, 6.07) is 9.06. The van der Waals surface area contributed by atoms with E-state index < -0.39 is 16.6 Å². The van der Waals surface area contributed by atoms with E-state index >= 15 is 0 Å². The molecule has 0 saturated carbocycles. The second kappa shape index (κ2) is 6.91. The number of rotatable bonds is 5. The highest BCUT2D eigenvalue weighted by molar-refractivity contribution is 7.84. The van der Waals surface area contributed by atoms with E-state index in [0.29, 0.717) is 28.5 Å². The fraction of sp³-hybridized carbons (Fsp3) is 0.200. The molecule has 2 rings (SSSR count). The summed E-state index contributed by atoms with van der Waals surface area (Å²) >= 11 is 5.95. The van der Waals surface area contributed by atoms with Crippen molar-refractivity contribution < 1.29 is 13.3 Å². The number of nitrogens with two attached hydrogens (primary N) is 1. The van der Waals surface area contributed by atoms with Gasteiger partial charge in [-0.2, -0.15) is 0 Å². The molecule has 0 aliphatic carbocycles. The normalized spacial score (nSPS) is 12.1. The lowest BCUT2D eigenvalue weighted by molar-refractivity contribution is 0.339. The van der Waals surface area contributed by atoms with Crippen molar-refractivity contribution in [3.8, 4) is 5.75 Å². The van der Waals surface area contributed by atoms with E-state index in [9.17, 15) is 8.60 Å². The summed E-state index contributed by atoms with van der Waals surface area (Å²) < 4.78 is 30.8. The zero-order chi connectivity index (χ0) is 15.4. The van der Waals surface area contributed by atoms with Crippen LogP contribution in [-0.4, -0.2) is 10.8 Å². The van der Waals surface area contributed by atoms with E-state index in [2.05, 4.69) is 0 Å². The molecule has 112 valence electrons. The molecule has 0 aromatic heterocycles. The number of hydrogen-bond donors (Lipinski definition) is 1. The Labute approximate surface area is 130 Å². The molecule has 0 fully saturated rings. The lowest BCUT2D eigenvalue weighted by atomic mass is 10.2. The lowest BCUT2D eigenvalue weighted by Gasteiger charge is -2.10. The number of halogens is 2. The molecule has 1 atom stereocenters. The van der Waals surface area contributed by atoms with Gasteiger partial charge in [0, 0.05) is 10.7 Å². The predicted octanol–water partition coefficient (Wildman–Crippen LogP) is 3.77. The minimum absolute atomic E-state index is 0.166. The summed E-state index contributed by atoms with van der Waals surface area (Å²) in [5, 5.41) is 0.253. The molecule has 0 radical (unpaired) electrons. The van der Waals surface area contributed by atoms with Crippen LogP contribution in [-0.2, 0) is 16.6 Å². The Balaban J connectivity index is 2.25. The fourth-order valence-corrected chi connectivity index (χ4v) is 3.41. The molecular weight excluding hydrogens is 313 g/mol. The molecule has 2 aromatic carbocycles.